The molecule has 9 heteroatoms. The number of carbonyl (C=O) groups excluding carboxylic acids is 2. The van der Waals surface area contributed by atoms with Gasteiger partial charge in [0.2, 0.25) is 5.78 Å². The zero-order valence-corrected chi connectivity index (χ0v) is 18.8. The van der Waals surface area contributed by atoms with Gasteiger partial charge in [0.05, 0.1) is 16.7 Å². The van der Waals surface area contributed by atoms with E-state index in [-0.39, 0.29) is 51.1 Å². The molecule has 0 aromatic heterocycles. The van der Waals surface area contributed by atoms with Gasteiger partial charge in [-0.05, 0) is 53.1 Å². The maximum absolute atomic E-state index is 14.4. The first-order valence-electron chi connectivity index (χ1n) is 10.9. The lowest BCUT2D eigenvalue weighted by Gasteiger charge is -2.23. The van der Waals surface area contributed by atoms with Crippen LogP contribution >= 0.6 is 0 Å². The first kappa shape index (κ1) is 23.7. The molecule has 0 unspecified atom stereocenters. The second-order valence-corrected chi connectivity index (χ2v) is 8.48. The standard InChI is InChI=1S/C28H16F2O7/c29-14-5-6-15(19(30)10-14)12-4-7-20(31)13(8-12)9-17-18(28(36)37)11-22(33)25-24(17)26(34)16-2-1-3-21(32)23(16)27(25)35/h1-8,10-11,31-33H,9H2,(H,36,37). The lowest BCUT2D eigenvalue weighted by atomic mass is 9.78. The number of aromatic carboxylic acids is 1. The van der Waals surface area contributed by atoms with Crippen LogP contribution in [0, 0.1) is 11.6 Å². The van der Waals surface area contributed by atoms with Gasteiger partial charge in [-0.3, -0.25) is 9.59 Å². The van der Waals surface area contributed by atoms with E-state index in [0.717, 1.165) is 12.1 Å². The predicted octanol–water partition coefficient (Wildman–Crippen LogP) is 4.81. The van der Waals surface area contributed by atoms with E-state index in [9.17, 15) is 43.6 Å². The highest BCUT2D eigenvalue weighted by Gasteiger charge is 2.38. The molecule has 0 bridgehead atoms. The maximum Gasteiger partial charge on any atom is 0.336 e. The molecule has 37 heavy (non-hydrogen) atoms. The number of carboxylic acids is 1. The summed E-state index contributed by atoms with van der Waals surface area (Å²) in [5, 5.41) is 41.1. The van der Waals surface area contributed by atoms with Crippen molar-refractivity contribution in [3.63, 3.8) is 0 Å². The van der Waals surface area contributed by atoms with Crippen molar-refractivity contribution >= 4 is 17.5 Å². The SMILES string of the molecule is O=C(O)c1cc(O)c2c(c1Cc1cc(-c3ccc(F)cc3F)ccc1O)C(=O)c1cccc(O)c1C2=O. The number of hydrogen-bond donors (Lipinski definition) is 4. The van der Waals surface area contributed by atoms with Crippen molar-refractivity contribution in [2.45, 2.75) is 6.42 Å². The van der Waals surface area contributed by atoms with Gasteiger partial charge < -0.3 is 20.4 Å². The molecule has 0 atom stereocenters. The van der Waals surface area contributed by atoms with Gasteiger partial charge in [0, 0.05) is 29.2 Å². The average Bonchev–Trinajstić information content (AvgIpc) is 2.84. The maximum atomic E-state index is 14.4. The molecular weight excluding hydrogens is 486 g/mol. The van der Waals surface area contributed by atoms with Crippen LogP contribution in [0.4, 0.5) is 8.78 Å². The van der Waals surface area contributed by atoms with Crippen molar-refractivity contribution in [1.82, 2.24) is 0 Å². The Bertz CT molecular complexity index is 1670. The Kier molecular flexibility index (Phi) is 5.48. The highest BCUT2D eigenvalue weighted by atomic mass is 19.1. The molecule has 1 aliphatic rings. The summed E-state index contributed by atoms with van der Waals surface area (Å²) in [4.78, 5) is 38.8. The number of benzene rings is 4. The summed E-state index contributed by atoms with van der Waals surface area (Å²) < 4.78 is 27.8. The Morgan fingerprint density at radius 1 is 0.730 bits per heavy atom. The Morgan fingerprint density at radius 3 is 2.19 bits per heavy atom. The number of carboxylic acid groups (broad SMARTS) is 1. The third-order valence-corrected chi connectivity index (χ3v) is 6.30. The number of aromatic hydroxyl groups is 3. The van der Waals surface area contributed by atoms with Crippen molar-refractivity contribution in [2.75, 3.05) is 0 Å². The monoisotopic (exact) mass is 502 g/mol. The minimum absolute atomic E-state index is 0.0181. The number of halogens is 2. The molecular formula is C28H16F2O7. The van der Waals surface area contributed by atoms with Crippen molar-refractivity contribution in [3.8, 4) is 28.4 Å². The van der Waals surface area contributed by atoms with Crippen LogP contribution in [0.3, 0.4) is 0 Å². The van der Waals surface area contributed by atoms with Crippen LogP contribution in [-0.4, -0.2) is 38.0 Å². The first-order chi connectivity index (χ1) is 17.6. The minimum Gasteiger partial charge on any atom is -0.508 e. The van der Waals surface area contributed by atoms with Crippen molar-refractivity contribution in [2.24, 2.45) is 0 Å². The Morgan fingerprint density at radius 2 is 1.49 bits per heavy atom. The number of rotatable bonds is 4. The van der Waals surface area contributed by atoms with Crippen molar-refractivity contribution < 1.29 is 43.6 Å². The first-order valence-corrected chi connectivity index (χ1v) is 10.9. The van der Waals surface area contributed by atoms with E-state index in [1.807, 2.05) is 0 Å². The molecule has 0 saturated heterocycles. The summed E-state index contributed by atoms with van der Waals surface area (Å²) in [5.41, 5.74) is -1.65. The number of ketones is 2. The van der Waals surface area contributed by atoms with Crippen LogP contribution in [0.2, 0.25) is 0 Å². The fourth-order valence-corrected chi connectivity index (χ4v) is 4.60. The molecule has 1 aliphatic carbocycles. The van der Waals surface area contributed by atoms with E-state index in [1.165, 1.54) is 42.5 Å². The molecule has 0 fully saturated rings. The van der Waals surface area contributed by atoms with Gasteiger partial charge in [-0.15, -0.1) is 0 Å². The molecule has 4 aromatic carbocycles. The summed E-state index contributed by atoms with van der Waals surface area (Å²) in [5.74, 6) is -6.35. The lowest BCUT2D eigenvalue weighted by Crippen LogP contribution is -2.24. The molecule has 0 amide bonds. The number of fused-ring (bicyclic) bond motifs is 2. The quantitative estimate of drug-likeness (QED) is 0.277. The normalized spacial score (nSPS) is 12.3. The topological polar surface area (TPSA) is 132 Å². The number of phenolic OH excluding ortho intramolecular Hbond substituents is 3. The number of carbonyl (C=O) groups is 3. The van der Waals surface area contributed by atoms with E-state index in [4.69, 9.17) is 0 Å². The van der Waals surface area contributed by atoms with Gasteiger partial charge in [0.25, 0.3) is 0 Å². The van der Waals surface area contributed by atoms with E-state index in [1.54, 1.807) is 0 Å². The molecule has 4 N–H and O–H groups in total. The van der Waals surface area contributed by atoms with Crippen LogP contribution in [0.25, 0.3) is 11.1 Å². The Balaban J connectivity index is 1.72. The highest BCUT2D eigenvalue weighted by molar-refractivity contribution is 6.31. The third-order valence-electron chi connectivity index (χ3n) is 6.30. The molecule has 0 spiro atoms. The fourth-order valence-electron chi connectivity index (χ4n) is 4.60. The van der Waals surface area contributed by atoms with E-state index in [0.29, 0.717) is 6.07 Å². The van der Waals surface area contributed by atoms with Crippen LogP contribution < -0.4 is 0 Å². The molecule has 0 saturated carbocycles. The summed E-state index contributed by atoms with van der Waals surface area (Å²) in [6.07, 6.45) is -0.389. The smallest absolute Gasteiger partial charge is 0.336 e. The predicted molar refractivity (Wildman–Crippen MR) is 126 cm³/mol. The molecule has 5 rings (SSSR count). The van der Waals surface area contributed by atoms with Gasteiger partial charge >= 0.3 is 5.97 Å². The van der Waals surface area contributed by atoms with Gasteiger partial charge in [0.15, 0.2) is 5.78 Å². The second kappa shape index (κ2) is 8.56. The second-order valence-electron chi connectivity index (χ2n) is 8.48. The molecule has 0 heterocycles. The zero-order valence-electron chi connectivity index (χ0n) is 18.8. The average molecular weight is 502 g/mol. The number of phenols is 3. The lowest BCUT2D eigenvalue weighted by molar-refractivity contribution is 0.0694. The van der Waals surface area contributed by atoms with E-state index < -0.39 is 51.8 Å². The Hall–Kier alpha value is -5.05. The van der Waals surface area contributed by atoms with E-state index in [2.05, 4.69) is 0 Å². The summed E-state index contributed by atoms with van der Waals surface area (Å²) in [6.45, 7) is 0. The zero-order chi connectivity index (χ0) is 26.6. The van der Waals surface area contributed by atoms with Gasteiger partial charge in [-0.1, -0.05) is 18.2 Å². The summed E-state index contributed by atoms with van der Waals surface area (Å²) in [7, 11) is 0. The minimum atomic E-state index is -1.50. The molecule has 184 valence electrons. The molecule has 7 nitrogen and oxygen atoms in total. The van der Waals surface area contributed by atoms with Crippen molar-refractivity contribution in [1.29, 1.82) is 0 Å². The van der Waals surface area contributed by atoms with Crippen molar-refractivity contribution in [3.05, 3.63) is 111 Å². The molecule has 4 aromatic rings. The fraction of sp³-hybridized carbons (Fsp3) is 0.0357. The molecule has 0 aliphatic heterocycles. The van der Waals surface area contributed by atoms with Gasteiger partial charge in [0.1, 0.15) is 28.9 Å². The van der Waals surface area contributed by atoms with Crippen LogP contribution in [0.5, 0.6) is 17.2 Å². The summed E-state index contributed by atoms with van der Waals surface area (Å²) in [6, 6.07) is 11.6. The largest absolute Gasteiger partial charge is 0.508 e. The van der Waals surface area contributed by atoms with Crippen LogP contribution in [0.15, 0.2) is 60.7 Å². The van der Waals surface area contributed by atoms with Crippen LogP contribution in [-0.2, 0) is 6.42 Å². The van der Waals surface area contributed by atoms with Gasteiger partial charge in [-0.2, -0.15) is 0 Å². The molecule has 0 radical (unpaired) electrons. The Labute approximate surface area is 207 Å². The summed E-state index contributed by atoms with van der Waals surface area (Å²) >= 11 is 0. The van der Waals surface area contributed by atoms with E-state index >= 15 is 0 Å². The third kappa shape index (κ3) is 3.77. The highest BCUT2D eigenvalue weighted by Crippen LogP contribution is 2.41. The number of hydrogen-bond acceptors (Lipinski definition) is 6. The van der Waals surface area contributed by atoms with Crippen LogP contribution in [0.1, 0.15) is 53.3 Å². The van der Waals surface area contributed by atoms with Gasteiger partial charge in [-0.25, -0.2) is 13.6 Å².